The minimum absolute atomic E-state index is 0.131. The lowest BCUT2D eigenvalue weighted by atomic mass is 9.82. The van der Waals surface area contributed by atoms with Crippen molar-refractivity contribution in [3.8, 4) is 0 Å². The van der Waals surface area contributed by atoms with Crippen LogP contribution < -0.4 is 10.6 Å². The maximum absolute atomic E-state index is 13.5. The number of carbonyl (C=O) groups is 2. The van der Waals surface area contributed by atoms with Gasteiger partial charge in [-0.1, -0.05) is 24.3 Å². The molecule has 1 aliphatic rings. The zero-order valence-electron chi connectivity index (χ0n) is 21.7. The molecule has 36 heavy (non-hydrogen) atoms. The first kappa shape index (κ1) is 27.8. The molecule has 0 bridgehead atoms. The Morgan fingerprint density at radius 1 is 0.611 bits per heavy atom. The standard InChI is InChI=1S/C28H38N2O6/c1-33-23(34-2)15-5-7-17-29-21-13-9-11-19-25(21)27(31)20-12-10-14-22(26(20)28(19)32)30-18-8-6-16-24(35-3)36-4/h9-14,23-24,29-30H,5-8,15-18H2,1-4H3. The average Bonchev–Trinajstić information content (AvgIpc) is 2.91. The van der Waals surface area contributed by atoms with Crippen molar-refractivity contribution in [1.82, 2.24) is 0 Å². The van der Waals surface area contributed by atoms with Crippen molar-refractivity contribution in [2.24, 2.45) is 0 Å². The van der Waals surface area contributed by atoms with Crippen LogP contribution in [0, 0.1) is 0 Å². The number of hydrogen-bond donors (Lipinski definition) is 2. The van der Waals surface area contributed by atoms with E-state index in [2.05, 4.69) is 10.6 Å². The predicted octanol–water partition coefficient (Wildman–Crippen LogP) is 4.86. The summed E-state index contributed by atoms with van der Waals surface area (Å²) < 4.78 is 20.9. The molecule has 196 valence electrons. The summed E-state index contributed by atoms with van der Waals surface area (Å²) in [6, 6.07) is 10.8. The van der Waals surface area contributed by atoms with E-state index in [-0.39, 0.29) is 24.1 Å². The quantitative estimate of drug-likeness (QED) is 0.213. The van der Waals surface area contributed by atoms with Crippen LogP contribution in [-0.2, 0) is 18.9 Å². The molecule has 8 heteroatoms. The minimum atomic E-state index is -0.208. The fourth-order valence-corrected chi connectivity index (χ4v) is 4.52. The van der Waals surface area contributed by atoms with Gasteiger partial charge in [0.05, 0.1) is 11.1 Å². The van der Waals surface area contributed by atoms with Crippen molar-refractivity contribution in [1.29, 1.82) is 0 Å². The number of benzene rings is 2. The Balaban J connectivity index is 1.66. The van der Waals surface area contributed by atoms with Crippen molar-refractivity contribution in [3.63, 3.8) is 0 Å². The van der Waals surface area contributed by atoms with Gasteiger partial charge in [-0.05, 0) is 50.7 Å². The van der Waals surface area contributed by atoms with Crippen LogP contribution in [0.15, 0.2) is 36.4 Å². The second kappa shape index (κ2) is 14.1. The maximum Gasteiger partial charge on any atom is 0.196 e. The number of ketones is 2. The normalized spacial score (nSPS) is 12.7. The molecule has 0 amide bonds. The molecule has 0 heterocycles. The molecule has 0 saturated heterocycles. The van der Waals surface area contributed by atoms with E-state index < -0.39 is 0 Å². The van der Waals surface area contributed by atoms with Crippen LogP contribution in [0.5, 0.6) is 0 Å². The highest BCUT2D eigenvalue weighted by atomic mass is 16.7. The van der Waals surface area contributed by atoms with Gasteiger partial charge < -0.3 is 29.6 Å². The van der Waals surface area contributed by atoms with Crippen molar-refractivity contribution < 1.29 is 28.5 Å². The van der Waals surface area contributed by atoms with E-state index in [0.717, 1.165) is 38.5 Å². The molecule has 0 unspecified atom stereocenters. The van der Waals surface area contributed by atoms with Gasteiger partial charge in [-0.2, -0.15) is 0 Å². The highest BCUT2D eigenvalue weighted by Gasteiger charge is 2.33. The number of methoxy groups -OCH3 is 4. The number of nitrogens with one attached hydrogen (secondary N) is 2. The lowest BCUT2D eigenvalue weighted by Gasteiger charge is -2.23. The summed E-state index contributed by atoms with van der Waals surface area (Å²) in [6.45, 7) is 1.36. The van der Waals surface area contributed by atoms with E-state index in [0.29, 0.717) is 46.7 Å². The number of anilines is 2. The van der Waals surface area contributed by atoms with E-state index in [4.69, 9.17) is 18.9 Å². The number of fused-ring (bicyclic) bond motifs is 2. The molecule has 1 aliphatic carbocycles. The van der Waals surface area contributed by atoms with Gasteiger partial charge in [-0.25, -0.2) is 0 Å². The molecular formula is C28H38N2O6. The predicted molar refractivity (Wildman–Crippen MR) is 140 cm³/mol. The van der Waals surface area contributed by atoms with Crippen LogP contribution in [0.2, 0.25) is 0 Å². The summed E-state index contributed by atoms with van der Waals surface area (Å²) in [4.78, 5) is 27.0. The van der Waals surface area contributed by atoms with Gasteiger partial charge in [-0.3, -0.25) is 9.59 Å². The van der Waals surface area contributed by atoms with Crippen LogP contribution in [0.25, 0.3) is 0 Å². The van der Waals surface area contributed by atoms with Gasteiger partial charge in [0.1, 0.15) is 0 Å². The molecule has 0 atom stereocenters. The van der Waals surface area contributed by atoms with Crippen LogP contribution in [-0.4, -0.2) is 65.7 Å². The molecule has 0 spiro atoms. The van der Waals surface area contributed by atoms with Gasteiger partial charge in [0.15, 0.2) is 24.1 Å². The van der Waals surface area contributed by atoms with Crippen molar-refractivity contribution in [3.05, 3.63) is 58.7 Å². The zero-order valence-corrected chi connectivity index (χ0v) is 21.7. The van der Waals surface area contributed by atoms with E-state index in [1.165, 1.54) is 0 Å². The number of unbranched alkanes of at least 4 members (excludes halogenated alkanes) is 2. The summed E-state index contributed by atoms with van der Waals surface area (Å²) >= 11 is 0. The summed E-state index contributed by atoms with van der Waals surface area (Å²) in [5.41, 5.74) is 3.15. The van der Waals surface area contributed by atoms with E-state index >= 15 is 0 Å². The first-order valence-corrected chi connectivity index (χ1v) is 12.5. The topological polar surface area (TPSA) is 95.1 Å². The SMILES string of the molecule is COC(CCCCNc1cccc2c1C(=O)c1cccc(NCCCCC(OC)OC)c1C2=O)OC. The summed E-state index contributed by atoms with van der Waals surface area (Å²) in [6.07, 6.45) is 4.77. The summed E-state index contributed by atoms with van der Waals surface area (Å²) in [5, 5.41) is 6.71. The molecule has 0 aliphatic heterocycles. The Bertz CT molecular complexity index is 936. The first-order chi connectivity index (χ1) is 17.5. The highest BCUT2D eigenvalue weighted by molar-refractivity contribution is 6.31. The fraction of sp³-hybridized carbons (Fsp3) is 0.500. The molecule has 8 nitrogen and oxygen atoms in total. The summed E-state index contributed by atoms with van der Waals surface area (Å²) in [5.74, 6) is -0.263. The van der Waals surface area contributed by atoms with Gasteiger partial charge >= 0.3 is 0 Å². The molecule has 2 aromatic rings. The van der Waals surface area contributed by atoms with Crippen LogP contribution in [0.4, 0.5) is 11.4 Å². The lowest BCUT2D eigenvalue weighted by molar-refractivity contribution is -0.107. The fourth-order valence-electron chi connectivity index (χ4n) is 4.52. The molecule has 0 radical (unpaired) electrons. The maximum atomic E-state index is 13.5. The lowest BCUT2D eigenvalue weighted by Crippen LogP contribution is -2.24. The average molecular weight is 499 g/mol. The molecular weight excluding hydrogens is 460 g/mol. The minimum Gasteiger partial charge on any atom is -0.384 e. The van der Waals surface area contributed by atoms with Crippen LogP contribution in [0.1, 0.15) is 70.4 Å². The third-order valence-corrected chi connectivity index (χ3v) is 6.49. The van der Waals surface area contributed by atoms with Gasteiger partial charge in [0, 0.05) is 64.0 Å². The Hall–Kier alpha value is -2.78. The Morgan fingerprint density at radius 3 is 1.36 bits per heavy atom. The van der Waals surface area contributed by atoms with Crippen molar-refractivity contribution >= 4 is 22.9 Å². The van der Waals surface area contributed by atoms with Crippen molar-refractivity contribution in [2.75, 3.05) is 52.2 Å². The monoisotopic (exact) mass is 498 g/mol. The first-order valence-electron chi connectivity index (χ1n) is 12.5. The van der Waals surface area contributed by atoms with Gasteiger partial charge in [0.25, 0.3) is 0 Å². The number of ether oxygens (including phenoxy) is 4. The smallest absolute Gasteiger partial charge is 0.196 e. The molecule has 0 saturated carbocycles. The summed E-state index contributed by atoms with van der Waals surface area (Å²) in [7, 11) is 6.52. The number of hydrogen-bond acceptors (Lipinski definition) is 8. The Labute approximate surface area is 213 Å². The number of rotatable bonds is 16. The van der Waals surface area contributed by atoms with Crippen LogP contribution >= 0.6 is 0 Å². The van der Waals surface area contributed by atoms with Gasteiger partial charge in [-0.15, -0.1) is 0 Å². The van der Waals surface area contributed by atoms with E-state index in [9.17, 15) is 9.59 Å². The molecule has 0 aromatic heterocycles. The number of carbonyl (C=O) groups excluding carboxylic acids is 2. The van der Waals surface area contributed by atoms with E-state index in [1.807, 2.05) is 24.3 Å². The van der Waals surface area contributed by atoms with E-state index in [1.54, 1.807) is 40.6 Å². The molecule has 3 rings (SSSR count). The zero-order chi connectivity index (χ0) is 25.9. The Kier molecular flexibility index (Phi) is 10.9. The van der Waals surface area contributed by atoms with Crippen LogP contribution in [0.3, 0.4) is 0 Å². The molecule has 2 aromatic carbocycles. The third kappa shape index (κ3) is 6.70. The van der Waals surface area contributed by atoms with Crippen molar-refractivity contribution in [2.45, 2.75) is 51.1 Å². The second-order valence-electron chi connectivity index (χ2n) is 8.76. The molecule has 0 fully saturated rings. The Morgan fingerprint density at radius 2 is 1.00 bits per heavy atom. The van der Waals surface area contributed by atoms with Gasteiger partial charge in [0.2, 0.25) is 0 Å². The third-order valence-electron chi connectivity index (χ3n) is 6.49. The highest BCUT2D eigenvalue weighted by Crippen LogP contribution is 2.35. The largest absolute Gasteiger partial charge is 0.384 e. The molecule has 2 N–H and O–H groups in total. The second-order valence-corrected chi connectivity index (χ2v) is 8.76.